The highest BCUT2D eigenvalue weighted by atomic mass is 31.2. The molecule has 0 aliphatic heterocycles. The molecule has 1 aliphatic carbocycles. The summed E-state index contributed by atoms with van der Waals surface area (Å²) in [6.45, 7) is 2.41. The molecule has 1 fully saturated rings. The fourth-order valence-electron chi connectivity index (χ4n) is 6.41. The summed E-state index contributed by atoms with van der Waals surface area (Å²) in [6.07, 6.45) is 28.3. The first kappa shape index (κ1) is 47.0. The number of phosphoric acid groups is 1. The van der Waals surface area contributed by atoms with Crippen LogP contribution < -0.4 is 0 Å². The van der Waals surface area contributed by atoms with Gasteiger partial charge < -0.3 is 24.6 Å². The monoisotopic (exact) mass is 735 g/mol. The topological polar surface area (TPSA) is 149 Å². The van der Waals surface area contributed by atoms with Crippen LogP contribution >= 0.6 is 7.82 Å². The summed E-state index contributed by atoms with van der Waals surface area (Å²) in [5.74, 6) is 0.973. The molecule has 0 spiro atoms. The molecule has 11 heteroatoms. The summed E-state index contributed by atoms with van der Waals surface area (Å²) in [5.41, 5.74) is 0. The number of rotatable bonds is 37. The van der Waals surface area contributed by atoms with Gasteiger partial charge in [0.25, 0.3) is 0 Å². The number of hydrogen-bond acceptors (Lipinski definition) is 9. The molecule has 10 nitrogen and oxygen atoms in total. The van der Waals surface area contributed by atoms with Gasteiger partial charge in [-0.3, -0.25) is 18.6 Å². The summed E-state index contributed by atoms with van der Waals surface area (Å²) in [4.78, 5) is 34.9. The number of aliphatic hydroxyl groups excluding tert-OH is 2. The van der Waals surface area contributed by atoms with E-state index in [-0.39, 0.29) is 19.4 Å². The lowest BCUT2D eigenvalue weighted by molar-refractivity contribution is -0.161. The SMILES string of the molecule is CCCCCCCCCCCCCCCC(=O)OC[C@@H](COP(=O)(O)OC[C@@H](O)CO)OC(=O)CCCCCCC[C@H]1C[C@H]1CCCCCC. The van der Waals surface area contributed by atoms with Gasteiger partial charge in [0.1, 0.15) is 12.7 Å². The van der Waals surface area contributed by atoms with Crippen molar-refractivity contribution in [3.8, 4) is 0 Å². The minimum atomic E-state index is -4.60. The number of phosphoric ester groups is 1. The van der Waals surface area contributed by atoms with E-state index in [9.17, 15) is 24.2 Å². The molecule has 1 unspecified atom stereocenters. The average Bonchev–Trinajstić information content (AvgIpc) is 3.86. The van der Waals surface area contributed by atoms with Gasteiger partial charge in [0.05, 0.1) is 19.8 Å². The van der Waals surface area contributed by atoms with Crippen LogP contribution in [0.5, 0.6) is 0 Å². The minimum absolute atomic E-state index is 0.196. The molecular weight excluding hydrogens is 659 g/mol. The standard InChI is InChI=1S/C39H75O10P/c1-3-5-7-9-10-11-12-13-14-15-16-19-23-27-38(42)46-32-37(33-48-50(44,45)47-31-36(41)30-40)49-39(43)28-24-20-17-18-22-26-35-29-34(35)25-21-8-6-4-2/h34-37,40-41H,3-33H2,1-2H3,(H,44,45)/t34-,35+,36+,37+/m1/s1. The second kappa shape index (κ2) is 31.5. The Morgan fingerprint density at radius 2 is 1.04 bits per heavy atom. The summed E-state index contributed by atoms with van der Waals surface area (Å²) in [6, 6.07) is 0. The van der Waals surface area contributed by atoms with Crippen molar-refractivity contribution in [2.75, 3.05) is 26.4 Å². The third-order valence-corrected chi connectivity index (χ3v) is 10.7. The van der Waals surface area contributed by atoms with Crippen molar-refractivity contribution >= 4 is 19.8 Å². The van der Waals surface area contributed by atoms with Crippen LogP contribution in [0.2, 0.25) is 0 Å². The van der Waals surface area contributed by atoms with Crippen molar-refractivity contribution in [2.45, 2.75) is 199 Å². The van der Waals surface area contributed by atoms with Gasteiger partial charge >= 0.3 is 19.8 Å². The molecule has 5 atom stereocenters. The first-order valence-electron chi connectivity index (χ1n) is 20.5. The number of hydrogen-bond donors (Lipinski definition) is 3. The number of esters is 2. The summed E-state index contributed by atoms with van der Waals surface area (Å²) < 4.78 is 32.7. The highest BCUT2D eigenvalue weighted by molar-refractivity contribution is 7.47. The Hall–Kier alpha value is -1.03. The van der Waals surface area contributed by atoms with Crippen molar-refractivity contribution in [1.29, 1.82) is 0 Å². The molecule has 0 aromatic heterocycles. The van der Waals surface area contributed by atoms with Gasteiger partial charge in [-0.15, -0.1) is 0 Å². The lowest BCUT2D eigenvalue weighted by Gasteiger charge is -2.20. The van der Waals surface area contributed by atoms with Gasteiger partial charge in [0, 0.05) is 12.8 Å². The Labute approximate surface area is 304 Å². The van der Waals surface area contributed by atoms with Crippen LogP contribution in [0.25, 0.3) is 0 Å². The molecule has 1 aliphatic rings. The molecule has 1 rings (SSSR count). The third-order valence-electron chi connectivity index (χ3n) is 9.73. The van der Waals surface area contributed by atoms with Crippen LogP contribution in [-0.4, -0.2) is 65.7 Å². The first-order chi connectivity index (χ1) is 24.2. The van der Waals surface area contributed by atoms with Crippen molar-refractivity contribution in [2.24, 2.45) is 11.8 Å². The predicted octanol–water partition coefficient (Wildman–Crippen LogP) is 9.75. The second-order valence-corrected chi connectivity index (χ2v) is 16.0. The second-order valence-electron chi connectivity index (χ2n) is 14.6. The smallest absolute Gasteiger partial charge is 0.462 e. The first-order valence-corrected chi connectivity index (χ1v) is 22.0. The molecule has 0 aromatic carbocycles. The zero-order chi connectivity index (χ0) is 36.7. The highest BCUT2D eigenvalue weighted by Crippen LogP contribution is 2.46. The molecule has 0 amide bonds. The molecule has 3 N–H and O–H groups in total. The Kier molecular flexibility index (Phi) is 29.6. The fraction of sp³-hybridized carbons (Fsp3) is 0.949. The lowest BCUT2D eigenvalue weighted by Crippen LogP contribution is -2.29. The number of aliphatic hydroxyl groups is 2. The van der Waals surface area contributed by atoms with Gasteiger partial charge in [0.2, 0.25) is 0 Å². The Morgan fingerprint density at radius 3 is 1.54 bits per heavy atom. The van der Waals surface area contributed by atoms with Crippen LogP contribution in [0.1, 0.15) is 187 Å². The van der Waals surface area contributed by atoms with E-state index in [0.717, 1.165) is 43.9 Å². The number of ether oxygens (including phenoxy) is 2. The third kappa shape index (κ3) is 28.5. The Balaban J connectivity index is 2.27. The normalized spacial score (nSPS) is 18.0. The average molecular weight is 735 g/mol. The molecule has 0 radical (unpaired) electrons. The van der Waals surface area contributed by atoms with Crippen molar-refractivity contribution in [1.82, 2.24) is 0 Å². The van der Waals surface area contributed by atoms with E-state index in [1.165, 1.54) is 116 Å². The van der Waals surface area contributed by atoms with Gasteiger partial charge in [-0.05, 0) is 31.1 Å². The van der Waals surface area contributed by atoms with E-state index < -0.39 is 51.8 Å². The van der Waals surface area contributed by atoms with Gasteiger partial charge in [-0.1, -0.05) is 155 Å². The van der Waals surface area contributed by atoms with Crippen LogP contribution in [-0.2, 0) is 32.7 Å². The van der Waals surface area contributed by atoms with Crippen LogP contribution in [0, 0.1) is 11.8 Å². The van der Waals surface area contributed by atoms with Crippen LogP contribution in [0.15, 0.2) is 0 Å². The van der Waals surface area contributed by atoms with Gasteiger partial charge in [-0.25, -0.2) is 4.57 Å². The van der Waals surface area contributed by atoms with Gasteiger partial charge in [0.15, 0.2) is 6.10 Å². The molecule has 296 valence electrons. The summed E-state index contributed by atoms with van der Waals surface area (Å²) in [7, 11) is -4.60. The van der Waals surface area contributed by atoms with Crippen LogP contribution in [0.4, 0.5) is 0 Å². The zero-order valence-corrected chi connectivity index (χ0v) is 32.8. The number of unbranched alkanes of at least 4 members (excludes halogenated alkanes) is 19. The van der Waals surface area contributed by atoms with E-state index >= 15 is 0 Å². The van der Waals surface area contributed by atoms with E-state index in [1.807, 2.05) is 0 Å². The van der Waals surface area contributed by atoms with E-state index in [4.69, 9.17) is 19.1 Å². The molecule has 1 saturated carbocycles. The fourth-order valence-corrected chi connectivity index (χ4v) is 7.20. The van der Waals surface area contributed by atoms with E-state index in [0.29, 0.717) is 12.8 Å². The molecule has 50 heavy (non-hydrogen) atoms. The molecule has 0 heterocycles. The lowest BCUT2D eigenvalue weighted by atomic mass is 10.0. The maximum absolute atomic E-state index is 12.6. The van der Waals surface area contributed by atoms with Crippen molar-refractivity contribution in [3.63, 3.8) is 0 Å². The van der Waals surface area contributed by atoms with Gasteiger partial charge in [-0.2, -0.15) is 0 Å². The van der Waals surface area contributed by atoms with Crippen LogP contribution in [0.3, 0.4) is 0 Å². The predicted molar refractivity (Wildman–Crippen MR) is 199 cm³/mol. The van der Waals surface area contributed by atoms with Crippen molar-refractivity contribution < 1.29 is 47.8 Å². The number of carbonyl (C=O) groups excluding carboxylic acids is 2. The highest BCUT2D eigenvalue weighted by Gasteiger charge is 2.35. The molecular formula is C39H75O10P. The molecule has 0 aromatic rings. The van der Waals surface area contributed by atoms with E-state index in [1.54, 1.807) is 0 Å². The number of carbonyl (C=O) groups is 2. The molecule has 0 bridgehead atoms. The van der Waals surface area contributed by atoms with Crippen molar-refractivity contribution in [3.05, 3.63) is 0 Å². The Bertz CT molecular complexity index is 872. The maximum Gasteiger partial charge on any atom is 0.472 e. The quantitative estimate of drug-likeness (QED) is 0.0320. The summed E-state index contributed by atoms with van der Waals surface area (Å²) >= 11 is 0. The zero-order valence-electron chi connectivity index (χ0n) is 31.9. The van der Waals surface area contributed by atoms with E-state index in [2.05, 4.69) is 18.4 Å². The molecule has 0 saturated heterocycles. The Morgan fingerprint density at radius 1 is 0.620 bits per heavy atom. The summed E-state index contributed by atoms with van der Waals surface area (Å²) in [5, 5.41) is 18.3. The maximum atomic E-state index is 12.6. The minimum Gasteiger partial charge on any atom is -0.462 e. The largest absolute Gasteiger partial charge is 0.472 e.